The summed E-state index contributed by atoms with van der Waals surface area (Å²) in [5.74, 6) is 0.705. The fourth-order valence-electron chi connectivity index (χ4n) is 3.10. The molecular weight excluding hydrogens is 442 g/mol. The Morgan fingerprint density at radius 3 is 2.03 bits per heavy atom. The summed E-state index contributed by atoms with van der Waals surface area (Å²) in [5.41, 5.74) is 2.39. The second-order valence-electron chi connectivity index (χ2n) is 7.41. The van der Waals surface area contributed by atoms with E-state index in [1.54, 1.807) is 0 Å². The second kappa shape index (κ2) is 14.1. The SMILES string of the molecule is Cl.O=C(Nc1ccccc1)Nc1ccc(C[C@@H](CO)NC[C@H](O)COc2ccccc2)cc1. The van der Waals surface area contributed by atoms with E-state index < -0.39 is 6.10 Å². The Labute approximate surface area is 200 Å². The molecule has 3 aromatic rings. The van der Waals surface area contributed by atoms with Gasteiger partial charge in [0.2, 0.25) is 0 Å². The molecule has 0 aliphatic heterocycles. The third kappa shape index (κ3) is 9.51. The number of rotatable bonds is 11. The van der Waals surface area contributed by atoms with Crippen LogP contribution in [0.2, 0.25) is 0 Å². The molecule has 8 heteroatoms. The van der Waals surface area contributed by atoms with E-state index in [2.05, 4.69) is 16.0 Å². The maximum atomic E-state index is 12.1. The number of hydrogen-bond donors (Lipinski definition) is 5. The van der Waals surface area contributed by atoms with Crippen molar-refractivity contribution in [1.82, 2.24) is 5.32 Å². The molecule has 3 aromatic carbocycles. The number of nitrogens with one attached hydrogen (secondary N) is 3. The summed E-state index contributed by atoms with van der Waals surface area (Å²) in [5, 5.41) is 28.5. The van der Waals surface area contributed by atoms with Crippen LogP contribution in [0.1, 0.15) is 5.56 Å². The first-order valence-corrected chi connectivity index (χ1v) is 10.5. The van der Waals surface area contributed by atoms with Crippen LogP contribution >= 0.6 is 12.4 Å². The summed E-state index contributed by atoms with van der Waals surface area (Å²) >= 11 is 0. The molecule has 0 aromatic heterocycles. The standard InChI is InChI=1S/C25H29N3O4.ClH/c29-17-22(26-16-23(30)18-32-24-9-5-2-6-10-24)15-19-11-13-21(14-12-19)28-25(31)27-20-7-3-1-4-8-20;/h1-14,22-23,26,29-30H,15-18H2,(H2,27,28,31);1H/t22-,23-;/m0./s1. The summed E-state index contributed by atoms with van der Waals surface area (Å²) in [4.78, 5) is 12.1. The van der Waals surface area contributed by atoms with Gasteiger partial charge in [0.15, 0.2) is 0 Å². The first-order chi connectivity index (χ1) is 15.6. The number of carbonyl (C=O) groups excluding carboxylic acids is 1. The summed E-state index contributed by atoms with van der Waals surface area (Å²) in [6.07, 6.45) is -0.113. The lowest BCUT2D eigenvalue weighted by molar-refractivity contribution is 0.0997. The molecule has 176 valence electrons. The molecule has 0 radical (unpaired) electrons. The van der Waals surface area contributed by atoms with E-state index in [0.29, 0.717) is 24.4 Å². The average Bonchev–Trinajstić information content (AvgIpc) is 2.82. The number of para-hydroxylation sites is 2. The molecule has 0 heterocycles. The highest BCUT2D eigenvalue weighted by molar-refractivity contribution is 5.99. The lowest BCUT2D eigenvalue weighted by Crippen LogP contribution is -2.41. The normalized spacial score (nSPS) is 12.2. The summed E-state index contributed by atoms with van der Waals surface area (Å²) in [6.45, 7) is 0.406. The molecule has 0 saturated carbocycles. The number of amides is 2. The van der Waals surface area contributed by atoms with Crippen molar-refractivity contribution in [3.63, 3.8) is 0 Å². The van der Waals surface area contributed by atoms with Crippen molar-refractivity contribution in [2.45, 2.75) is 18.6 Å². The van der Waals surface area contributed by atoms with Gasteiger partial charge in [-0.3, -0.25) is 0 Å². The van der Waals surface area contributed by atoms with Crippen LogP contribution in [0.3, 0.4) is 0 Å². The fraction of sp³-hybridized carbons (Fsp3) is 0.240. The Bertz CT molecular complexity index is 943. The van der Waals surface area contributed by atoms with Crippen LogP contribution in [0.15, 0.2) is 84.9 Å². The molecule has 7 nitrogen and oxygen atoms in total. The molecule has 0 unspecified atom stereocenters. The van der Waals surface area contributed by atoms with Crippen molar-refractivity contribution < 1.29 is 19.7 Å². The van der Waals surface area contributed by atoms with Crippen molar-refractivity contribution >= 4 is 29.8 Å². The maximum Gasteiger partial charge on any atom is 0.323 e. The van der Waals surface area contributed by atoms with Gasteiger partial charge in [-0.25, -0.2) is 4.79 Å². The van der Waals surface area contributed by atoms with Crippen LogP contribution in [0.5, 0.6) is 5.75 Å². The summed E-state index contributed by atoms with van der Waals surface area (Å²) < 4.78 is 5.54. The minimum Gasteiger partial charge on any atom is -0.491 e. The predicted octanol–water partition coefficient (Wildman–Crippen LogP) is 3.69. The predicted molar refractivity (Wildman–Crippen MR) is 133 cm³/mol. The Hall–Kier alpha value is -3.10. The third-order valence-electron chi connectivity index (χ3n) is 4.77. The monoisotopic (exact) mass is 471 g/mol. The quantitative estimate of drug-likeness (QED) is 0.293. The Morgan fingerprint density at radius 2 is 1.42 bits per heavy atom. The molecule has 2 atom stereocenters. The van der Waals surface area contributed by atoms with E-state index in [4.69, 9.17) is 4.74 Å². The molecular formula is C25H30ClN3O4. The van der Waals surface area contributed by atoms with Gasteiger partial charge >= 0.3 is 6.03 Å². The number of benzene rings is 3. The minimum absolute atomic E-state index is 0. The molecule has 0 spiro atoms. The highest BCUT2D eigenvalue weighted by Gasteiger charge is 2.12. The van der Waals surface area contributed by atoms with Crippen LogP contribution in [-0.4, -0.2) is 48.1 Å². The van der Waals surface area contributed by atoms with Crippen molar-refractivity contribution in [2.24, 2.45) is 0 Å². The van der Waals surface area contributed by atoms with Crippen molar-refractivity contribution in [3.8, 4) is 5.75 Å². The van der Waals surface area contributed by atoms with Gasteiger partial charge in [0.1, 0.15) is 18.5 Å². The zero-order valence-corrected chi connectivity index (χ0v) is 19.0. The number of aliphatic hydroxyl groups is 2. The van der Waals surface area contributed by atoms with Crippen LogP contribution in [0.25, 0.3) is 0 Å². The van der Waals surface area contributed by atoms with Gasteiger partial charge in [0.05, 0.1) is 6.61 Å². The smallest absolute Gasteiger partial charge is 0.323 e. The highest BCUT2D eigenvalue weighted by atomic mass is 35.5. The number of ether oxygens (including phenoxy) is 1. The van der Waals surface area contributed by atoms with Gasteiger partial charge in [0.25, 0.3) is 0 Å². The van der Waals surface area contributed by atoms with Crippen LogP contribution in [0, 0.1) is 0 Å². The first-order valence-electron chi connectivity index (χ1n) is 10.5. The molecule has 0 aliphatic carbocycles. The van der Waals surface area contributed by atoms with Gasteiger partial charge < -0.3 is 30.9 Å². The van der Waals surface area contributed by atoms with E-state index >= 15 is 0 Å². The largest absolute Gasteiger partial charge is 0.491 e. The molecule has 2 amide bonds. The fourth-order valence-corrected chi connectivity index (χ4v) is 3.10. The van der Waals surface area contributed by atoms with Crippen molar-refractivity contribution in [2.75, 3.05) is 30.4 Å². The number of carbonyl (C=O) groups is 1. The average molecular weight is 472 g/mol. The van der Waals surface area contributed by atoms with E-state index in [-0.39, 0.29) is 37.7 Å². The van der Waals surface area contributed by atoms with Gasteiger partial charge in [-0.1, -0.05) is 48.5 Å². The van der Waals surface area contributed by atoms with Gasteiger partial charge in [0, 0.05) is 24.0 Å². The Morgan fingerprint density at radius 1 is 0.848 bits per heavy atom. The van der Waals surface area contributed by atoms with Crippen molar-refractivity contribution in [3.05, 3.63) is 90.5 Å². The molecule has 0 fully saturated rings. The molecule has 5 N–H and O–H groups in total. The number of anilines is 2. The molecule has 0 bridgehead atoms. The van der Waals surface area contributed by atoms with Crippen LogP contribution in [-0.2, 0) is 6.42 Å². The molecule has 0 aliphatic rings. The zero-order valence-electron chi connectivity index (χ0n) is 18.2. The second-order valence-corrected chi connectivity index (χ2v) is 7.41. The van der Waals surface area contributed by atoms with Crippen LogP contribution in [0.4, 0.5) is 16.2 Å². The number of hydrogen-bond acceptors (Lipinski definition) is 5. The number of halogens is 1. The van der Waals surface area contributed by atoms with E-state index in [1.165, 1.54) is 0 Å². The zero-order chi connectivity index (χ0) is 22.6. The third-order valence-corrected chi connectivity index (χ3v) is 4.77. The highest BCUT2D eigenvalue weighted by Crippen LogP contribution is 2.13. The lowest BCUT2D eigenvalue weighted by Gasteiger charge is -2.19. The summed E-state index contributed by atoms with van der Waals surface area (Å²) in [7, 11) is 0. The number of urea groups is 1. The van der Waals surface area contributed by atoms with E-state index in [1.807, 2.05) is 84.9 Å². The Kier molecular flexibility index (Phi) is 11.2. The topological polar surface area (TPSA) is 103 Å². The van der Waals surface area contributed by atoms with Crippen molar-refractivity contribution in [1.29, 1.82) is 0 Å². The molecule has 0 saturated heterocycles. The number of aliphatic hydroxyl groups excluding tert-OH is 2. The minimum atomic E-state index is -0.695. The van der Waals surface area contributed by atoms with Gasteiger partial charge in [-0.15, -0.1) is 12.4 Å². The van der Waals surface area contributed by atoms with Gasteiger partial charge in [-0.05, 0) is 48.4 Å². The Balaban J connectivity index is 0.00000385. The van der Waals surface area contributed by atoms with Gasteiger partial charge in [-0.2, -0.15) is 0 Å². The molecule has 3 rings (SSSR count). The maximum absolute atomic E-state index is 12.1. The van der Waals surface area contributed by atoms with E-state index in [9.17, 15) is 15.0 Å². The lowest BCUT2D eigenvalue weighted by atomic mass is 10.1. The van der Waals surface area contributed by atoms with E-state index in [0.717, 1.165) is 11.3 Å². The van der Waals surface area contributed by atoms with Crippen LogP contribution < -0.4 is 20.7 Å². The molecule has 33 heavy (non-hydrogen) atoms. The summed E-state index contributed by atoms with van der Waals surface area (Å²) in [6, 6.07) is 25.4. The first kappa shape index (κ1) is 26.2.